The highest BCUT2D eigenvalue weighted by Gasteiger charge is 2.41. The summed E-state index contributed by atoms with van der Waals surface area (Å²) in [5.41, 5.74) is -0.515. The van der Waals surface area contributed by atoms with Crippen LogP contribution in [-0.2, 0) is 10.4 Å². The smallest absolute Gasteiger partial charge is 0.263 e. The molecule has 2 aromatic carbocycles. The minimum atomic E-state index is -1.68. The first-order valence-corrected chi connectivity index (χ1v) is 8.14. The van der Waals surface area contributed by atoms with Crippen molar-refractivity contribution in [3.63, 3.8) is 0 Å². The molecule has 0 aromatic heterocycles. The third-order valence-corrected chi connectivity index (χ3v) is 4.15. The van der Waals surface area contributed by atoms with Crippen LogP contribution in [0.4, 0.5) is 0 Å². The molecule has 0 bridgehead atoms. The van der Waals surface area contributed by atoms with E-state index < -0.39 is 5.60 Å². The normalized spacial score (nSPS) is 12.0. The zero-order chi connectivity index (χ0) is 17.8. The van der Waals surface area contributed by atoms with Gasteiger partial charge in [0.2, 0.25) is 0 Å². The monoisotopic (exact) mass is 327 g/mol. The van der Waals surface area contributed by atoms with Crippen molar-refractivity contribution >= 4 is 5.91 Å². The fraction of sp³-hybridized carbons (Fsp3) is 0.350. The first-order chi connectivity index (χ1) is 11.2. The molecule has 0 aliphatic heterocycles. The van der Waals surface area contributed by atoms with Crippen LogP contribution in [0, 0.1) is 0 Å². The lowest BCUT2D eigenvalue weighted by atomic mass is 9.85. The maximum Gasteiger partial charge on any atom is 0.263 e. The summed E-state index contributed by atoms with van der Waals surface area (Å²) >= 11 is 0. The van der Waals surface area contributed by atoms with Crippen molar-refractivity contribution in [3.8, 4) is 0 Å². The van der Waals surface area contributed by atoms with E-state index in [0.717, 1.165) is 11.0 Å². The Morgan fingerprint density at radius 2 is 1.38 bits per heavy atom. The Hall–Kier alpha value is -2.17. The lowest BCUT2D eigenvalue weighted by molar-refractivity contribution is -0.869. The molecule has 0 radical (unpaired) electrons. The largest absolute Gasteiger partial charge is 0.372 e. The summed E-state index contributed by atoms with van der Waals surface area (Å²) in [4.78, 5) is 14.8. The van der Waals surface area contributed by atoms with Crippen molar-refractivity contribution in [2.45, 2.75) is 5.60 Å². The average Bonchev–Trinajstić information content (AvgIpc) is 2.59. The molecule has 0 fully saturated rings. The first-order valence-electron chi connectivity index (χ1n) is 8.14. The zero-order valence-corrected chi connectivity index (χ0v) is 14.9. The van der Waals surface area contributed by atoms with Crippen molar-refractivity contribution in [3.05, 3.63) is 71.8 Å². The second kappa shape index (κ2) is 7.16. The SMILES string of the molecule is CN(CC[N+](C)(C)C)C(=O)C(O)(c1ccccc1)c1ccccc1. The molecule has 4 nitrogen and oxygen atoms in total. The van der Waals surface area contributed by atoms with E-state index in [-0.39, 0.29) is 5.91 Å². The maximum atomic E-state index is 13.2. The number of rotatable bonds is 6. The number of nitrogens with zero attached hydrogens (tertiary/aromatic N) is 2. The fourth-order valence-corrected chi connectivity index (χ4v) is 2.60. The van der Waals surface area contributed by atoms with Gasteiger partial charge in [0, 0.05) is 7.05 Å². The summed E-state index contributed by atoms with van der Waals surface area (Å²) in [5, 5.41) is 11.4. The van der Waals surface area contributed by atoms with Gasteiger partial charge in [0.25, 0.3) is 5.91 Å². The Balaban J connectivity index is 2.38. The van der Waals surface area contributed by atoms with Gasteiger partial charge in [-0.2, -0.15) is 0 Å². The fourth-order valence-electron chi connectivity index (χ4n) is 2.60. The van der Waals surface area contributed by atoms with Gasteiger partial charge in [-0.05, 0) is 11.1 Å². The minimum absolute atomic E-state index is 0.312. The van der Waals surface area contributed by atoms with E-state index in [1.165, 1.54) is 0 Å². The summed E-state index contributed by atoms with van der Waals surface area (Å²) in [6, 6.07) is 18.3. The van der Waals surface area contributed by atoms with E-state index in [9.17, 15) is 9.90 Å². The second-order valence-electron chi connectivity index (χ2n) is 7.18. The van der Waals surface area contributed by atoms with Crippen LogP contribution in [-0.4, -0.2) is 61.7 Å². The van der Waals surface area contributed by atoms with E-state index in [1.54, 1.807) is 36.2 Å². The van der Waals surface area contributed by atoms with Crippen molar-refractivity contribution in [1.82, 2.24) is 4.90 Å². The molecule has 0 atom stereocenters. The highest BCUT2D eigenvalue weighted by molar-refractivity contribution is 5.90. The molecular weight excluding hydrogens is 300 g/mol. The number of hydrogen-bond acceptors (Lipinski definition) is 2. The number of likely N-dealkylation sites (N-methyl/N-ethyl adjacent to an activating group) is 2. The molecule has 0 saturated heterocycles. The van der Waals surface area contributed by atoms with E-state index in [1.807, 2.05) is 36.4 Å². The van der Waals surface area contributed by atoms with Gasteiger partial charge in [-0.15, -0.1) is 0 Å². The molecule has 24 heavy (non-hydrogen) atoms. The quantitative estimate of drug-likeness (QED) is 0.826. The molecule has 0 aliphatic carbocycles. The van der Waals surface area contributed by atoms with Gasteiger partial charge in [-0.25, -0.2) is 0 Å². The summed E-state index contributed by atoms with van der Waals surface area (Å²) in [7, 11) is 7.99. The van der Waals surface area contributed by atoms with E-state index in [2.05, 4.69) is 21.1 Å². The van der Waals surface area contributed by atoms with Gasteiger partial charge in [0.1, 0.15) is 0 Å². The molecule has 0 unspecified atom stereocenters. The van der Waals surface area contributed by atoms with Crippen LogP contribution in [0.25, 0.3) is 0 Å². The third-order valence-electron chi connectivity index (χ3n) is 4.15. The Morgan fingerprint density at radius 1 is 0.958 bits per heavy atom. The number of hydrogen-bond donors (Lipinski definition) is 1. The van der Waals surface area contributed by atoms with Crippen LogP contribution in [0.15, 0.2) is 60.7 Å². The summed E-state index contributed by atoms with van der Waals surface area (Å²) in [6.07, 6.45) is 0. The van der Waals surface area contributed by atoms with Gasteiger partial charge in [0.05, 0.1) is 34.2 Å². The van der Waals surface area contributed by atoms with Gasteiger partial charge in [-0.3, -0.25) is 4.79 Å². The number of carbonyl (C=O) groups excluding carboxylic acids is 1. The van der Waals surface area contributed by atoms with Crippen LogP contribution in [0.5, 0.6) is 0 Å². The molecule has 0 saturated carbocycles. The Bertz CT molecular complexity index is 624. The van der Waals surface area contributed by atoms with Crippen molar-refractivity contribution in [1.29, 1.82) is 0 Å². The van der Waals surface area contributed by atoms with Gasteiger partial charge < -0.3 is 14.5 Å². The van der Waals surface area contributed by atoms with Gasteiger partial charge >= 0.3 is 0 Å². The van der Waals surface area contributed by atoms with Gasteiger partial charge in [-0.1, -0.05) is 60.7 Å². The molecule has 4 heteroatoms. The number of amides is 1. The molecule has 1 amide bonds. The number of benzene rings is 2. The van der Waals surface area contributed by atoms with Crippen molar-refractivity contribution < 1.29 is 14.4 Å². The predicted octanol–water partition coefficient (Wildman–Crippen LogP) is 2.09. The third kappa shape index (κ3) is 4.02. The number of carbonyl (C=O) groups is 1. The Kier molecular flexibility index (Phi) is 5.42. The summed E-state index contributed by atoms with van der Waals surface area (Å²) in [6.45, 7) is 1.38. The van der Waals surface area contributed by atoms with Crippen LogP contribution >= 0.6 is 0 Å². The lowest BCUT2D eigenvalue weighted by Crippen LogP contribution is -2.49. The topological polar surface area (TPSA) is 40.5 Å². The van der Waals surface area contributed by atoms with Gasteiger partial charge in [0.15, 0.2) is 5.60 Å². The van der Waals surface area contributed by atoms with Crippen LogP contribution in [0.2, 0.25) is 0 Å². The molecule has 1 N–H and O–H groups in total. The molecule has 2 rings (SSSR count). The standard InChI is InChI=1S/C20H27N2O2/c1-21(15-16-22(2,3)4)19(23)20(24,17-11-7-5-8-12-17)18-13-9-6-10-14-18/h5-14,24H,15-16H2,1-4H3/q+1. The number of quaternary nitrogens is 1. The molecular formula is C20H27N2O2+. The Morgan fingerprint density at radius 3 is 1.75 bits per heavy atom. The summed E-state index contributed by atoms with van der Waals surface area (Å²) in [5.74, 6) is -0.312. The van der Waals surface area contributed by atoms with Crippen LogP contribution < -0.4 is 0 Å². The van der Waals surface area contributed by atoms with Crippen molar-refractivity contribution in [2.75, 3.05) is 41.3 Å². The zero-order valence-electron chi connectivity index (χ0n) is 14.9. The molecule has 0 spiro atoms. The van der Waals surface area contributed by atoms with E-state index in [4.69, 9.17) is 0 Å². The lowest BCUT2D eigenvalue weighted by Gasteiger charge is -2.34. The van der Waals surface area contributed by atoms with Crippen LogP contribution in [0.1, 0.15) is 11.1 Å². The minimum Gasteiger partial charge on any atom is -0.372 e. The average molecular weight is 327 g/mol. The molecule has 2 aromatic rings. The Labute approximate surface area is 144 Å². The molecule has 0 heterocycles. The number of aliphatic hydroxyl groups is 1. The highest BCUT2D eigenvalue weighted by Crippen LogP contribution is 2.31. The van der Waals surface area contributed by atoms with Crippen LogP contribution in [0.3, 0.4) is 0 Å². The van der Waals surface area contributed by atoms with E-state index >= 15 is 0 Å². The summed E-state index contributed by atoms with van der Waals surface area (Å²) < 4.78 is 0.757. The maximum absolute atomic E-state index is 13.2. The highest BCUT2D eigenvalue weighted by atomic mass is 16.3. The molecule has 128 valence electrons. The second-order valence-corrected chi connectivity index (χ2v) is 7.18. The predicted molar refractivity (Wildman–Crippen MR) is 96.4 cm³/mol. The molecule has 0 aliphatic rings. The van der Waals surface area contributed by atoms with Crippen molar-refractivity contribution in [2.24, 2.45) is 0 Å². The first kappa shape index (κ1) is 18.2. The van der Waals surface area contributed by atoms with E-state index in [0.29, 0.717) is 17.7 Å².